The zero-order chi connectivity index (χ0) is 25.8. The van der Waals surface area contributed by atoms with Gasteiger partial charge in [-0.25, -0.2) is 4.98 Å². The van der Waals surface area contributed by atoms with Crippen molar-refractivity contribution in [2.45, 2.75) is 78.0 Å². The maximum atomic E-state index is 6.21. The number of rotatable bonds is 11. The van der Waals surface area contributed by atoms with Gasteiger partial charge in [0.25, 0.3) is 0 Å². The van der Waals surface area contributed by atoms with Gasteiger partial charge in [0.1, 0.15) is 35.8 Å². The molecule has 1 aliphatic heterocycles. The Labute approximate surface area is 218 Å². The predicted octanol–water partition coefficient (Wildman–Crippen LogP) is 4.76. The van der Waals surface area contributed by atoms with Crippen molar-refractivity contribution in [1.29, 1.82) is 0 Å². The van der Waals surface area contributed by atoms with E-state index >= 15 is 0 Å². The Balaban J connectivity index is 1.57. The number of benzene rings is 1. The van der Waals surface area contributed by atoms with E-state index < -0.39 is 11.4 Å². The summed E-state index contributed by atoms with van der Waals surface area (Å²) in [5.41, 5.74) is 3.47. The fourth-order valence-corrected chi connectivity index (χ4v) is 4.93. The molecule has 1 aliphatic rings. The van der Waals surface area contributed by atoms with Crippen molar-refractivity contribution in [3.8, 4) is 5.88 Å². The van der Waals surface area contributed by atoms with E-state index in [4.69, 9.17) is 18.9 Å². The van der Waals surface area contributed by atoms with Gasteiger partial charge in [-0.3, -0.25) is 0 Å². The van der Waals surface area contributed by atoms with Crippen LogP contribution in [-0.4, -0.2) is 56.7 Å². The molecule has 9 heteroatoms. The number of ether oxygens (including phenoxy) is 4. The first-order valence-corrected chi connectivity index (χ1v) is 13.7. The summed E-state index contributed by atoms with van der Waals surface area (Å²) in [5, 5.41) is 3.69. The normalized spacial score (nSPS) is 18.6. The molecule has 0 aliphatic carbocycles. The molecule has 2 aromatic heterocycles. The lowest BCUT2D eigenvalue weighted by molar-refractivity contribution is -0.141. The lowest BCUT2D eigenvalue weighted by atomic mass is 10.2. The zero-order valence-corrected chi connectivity index (χ0v) is 22.9. The topological polar surface area (TPSA) is 79.7 Å². The summed E-state index contributed by atoms with van der Waals surface area (Å²) in [4.78, 5) is 9.10. The Morgan fingerprint density at radius 2 is 2.00 bits per heavy atom. The van der Waals surface area contributed by atoms with Gasteiger partial charge in [-0.1, -0.05) is 30.3 Å². The fourth-order valence-electron chi connectivity index (χ4n) is 4.23. The standard InChI is InChI=1S/C27H38N4O4S/c1-26(2,3)35-25-24-23(29-17-30-25)20(13-31(24)18-32-14-19-10-8-7-9-11-19)12-28-21(16-36-6)22-15-33-27(4,5)34-22/h7-11,13,17,21-22,28H,12,14-16,18H2,1-6H3/t21-,22-/m0/s1. The van der Waals surface area contributed by atoms with Gasteiger partial charge in [-0.05, 0) is 46.4 Å². The van der Waals surface area contributed by atoms with Crippen molar-refractivity contribution in [3.63, 3.8) is 0 Å². The van der Waals surface area contributed by atoms with Crippen LogP contribution in [0.5, 0.6) is 5.88 Å². The number of hydrogen-bond donors (Lipinski definition) is 1. The third-order valence-electron chi connectivity index (χ3n) is 5.82. The van der Waals surface area contributed by atoms with Gasteiger partial charge in [-0.15, -0.1) is 0 Å². The Hall–Kier alpha value is -2.17. The van der Waals surface area contributed by atoms with Gasteiger partial charge in [0.05, 0.1) is 13.2 Å². The monoisotopic (exact) mass is 514 g/mol. The van der Waals surface area contributed by atoms with Crippen LogP contribution in [-0.2, 0) is 34.1 Å². The zero-order valence-electron chi connectivity index (χ0n) is 22.1. The minimum absolute atomic E-state index is 0.00980. The molecule has 196 valence electrons. The second kappa shape index (κ2) is 11.5. The number of thioether (sulfide) groups is 1. The smallest absolute Gasteiger partial charge is 0.242 e. The second-order valence-electron chi connectivity index (χ2n) is 10.5. The van der Waals surface area contributed by atoms with E-state index in [2.05, 4.69) is 39.9 Å². The highest BCUT2D eigenvalue weighted by atomic mass is 32.2. The van der Waals surface area contributed by atoms with Crippen molar-refractivity contribution in [2.24, 2.45) is 0 Å². The molecule has 0 bridgehead atoms. The molecule has 8 nitrogen and oxygen atoms in total. The van der Waals surface area contributed by atoms with Gasteiger partial charge in [0.2, 0.25) is 5.88 Å². The molecule has 0 amide bonds. The van der Waals surface area contributed by atoms with Crippen molar-refractivity contribution in [1.82, 2.24) is 19.9 Å². The highest BCUT2D eigenvalue weighted by Crippen LogP contribution is 2.30. The molecule has 3 aromatic rings. The molecule has 0 saturated carbocycles. The summed E-state index contributed by atoms with van der Waals surface area (Å²) >= 11 is 1.79. The summed E-state index contributed by atoms with van der Waals surface area (Å²) in [7, 11) is 0. The van der Waals surface area contributed by atoms with Gasteiger partial charge in [0.15, 0.2) is 5.79 Å². The number of nitrogens with one attached hydrogen (secondary N) is 1. The molecule has 1 saturated heterocycles. The molecular formula is C27H38N4O4S. The van der Waals surface area contributed by atoms with Crippen LogP contribution in [0.2, 0.25) is 0 Å². The minimum Gasteiger partial charge on any atom is -0.470 e. The summed E-state index contributed by atoms with van der Waals surface area (Å²) in [6, 6.07) is 10.3. The molecule has 36 heavy (non-hydrogen) atoms. The van der Waals surface area contributed by atoms with E-state index in [1.165, 1.54) is 0 Å². The lowest BCUT2D eigenvalue weighted by Gasteiger charge is -2.24. The maximum absolute atomic E-state index is 6.21. The van der Waals surface area contributed by atoms with Crippen LogP contribution in [0.25, 0.3) is 11.0 Å². The van der Waals surface area contributed by atoms with E-state index in [1.54, 1.807) is 18.1 Å². The Morgan fingerprint density at radius 3 is 2.67 bits per heavy atom. The van der Waals surface area contributed by atoms with Crippen molar-refractivity contribution >= 4 is 22.8 Å². The van der Waals surface area contributed by atoms with Crippen LogP contribution in [0.1, 0.15) is 45.7 Å². The largest absolute Gasteiger partial charge is 0.470 e. The van der Waals surface area contributed by atoms with Crippen LogP contribution < -0.4 is 10.1 Å². The third-order valence-corrected chi connectivity index (χ3v) is 6.51. The number of aromatic nitrogens is 3. The maximum Gasteiger partial charge on any atom is 0.242 e. The highest BCUT2D eigenvalue weighted by molar-refractivity contribution is 7.98. The first-order valence-electron chi connectivity index (χ1n) is 12.3. The highest BCUT2D eigenvalue weighted by Gasteiger charge is 2.37. The molecular weight excluding hydrogens is 476 g/mol. The van der Waals surface area contributed by atoms with E-state index in [0.29, 0.717) is 32.4 Å². The van der Waals surface area contributed by atoms with Gasteiger partial charge < -0.3 is 28.8 Å². The van der Waals surface area contributed by atoms with Gasteiger partial charge >= 0.3 is 0 Å². The van der Waals surface area contributed by atoms with Crippen LogP contribution >= 0.6 is 11.8 Å². The summed E-state index contributed by atoms with van der Waals surface area (Å²) in [6.45, 7) is 12.0. The van der Waals surface area contributed by atoms with E-state index in [1.807, 2.05) is 57.4 Å². The first kappa shape index (κ1) is 26.9. The average Bonchev–Trinajstić information content (AvgIpc) is 3.36. The van der Waals surface area contributed by atoms with Gasteiger partial charge in [0, 0.05) is 30.1 Å². The quantitative estimate of drug-likeness (QED) is 0.393. The van der Waals surface area contributed by atoms with E-state index in [-0.39, 0.29) is 12.1 Å². The first-order chi connectivity index (χ1) is 17.1. The molecule has 0 unspecified atom stereocenters. The fraction of sp³-hybridized carbons (Fsp3) is 0.556. The van der Waals surface area contributed by atoms with Crippen LogP contribution in [0, 0.1) is 0 Å². The molecule has 1 aromatic carbocycles. The molecule has 4 rings (SSSR count). The molecule has 2 atom stereocenters. The van der Waals surface area contributed by atoms with E-state index in [0.717, 1.165) is 27.9 Å². The van der Waals surface area contributed by atoms with Crippen LogP contribution in [0.3, 0.4) is 0 Å². The van der Waals surface area contributed by atoms with Crippen molar-refractivity contribution < 1.29 is 18.9 Å². The SMILES string of the molecule is CSC[C@H](NCc1cn(COCc2ccccc2)c2c(OC(C)(C)C)ncnc12)[C@@H]1COC(C)(C)O1. The van der Waals surface area contributed by atoms with Crippen molar-refractivity contribution in [3.05, 3.63) is 54.0 Å². The van der Waals surface area contributed by atoms with Crippen LogP contribution in [0.15, 0.2) is 42.9 Å². The Morgan fingerprint density at radius 1 is 1.22 bits per heavy atom. The number of hydrogen-bond acceptors (Lipinski definition) is 8. The Kier molecular flexibility index (Phi) is 8.57. The average molecular weight is 515 g/mol. The minimum atomic E-state index is -0.554. The molecule has 1 N–H and O–H groups in total. The summed E-state index contributed by atoms with van der Waals surface area (Å²) in [5.74, 6) is 0.912. The van der Waals surface area contributed by atoms with Crippen molar-refractivity contribution in [2.75, 3.05) is 18.6 Å². The lowest BCUT2D eigenvalue weighted by Crippen LogP contribution is -2.43. The Bertz CT molecular complexity index is 1130. The summed E-state index contributed by atoms with van der Waals surface area (Å²) < 4.78 is 26.3. The molecule has 1 fully saturated rings. The summed E-state index contributed by atoms with van der Waals surface area (Å²) in [6.07, 6.45) is 5.75. The molecule has 0 spiro atoms. The number of fused-ring (bicyclic) bond motifs is 1. The van der Waals surface area contributed by atoms with E-state index in [9.17, 15) is 0 Å². The van der Waals surface area contributed by atoms with Gasteiger partial charge in [-0.2, -0.15) is 16.7 Å². The third kappa shape index (κ3) is 6.98. The number of nitrogens with zero attached hydrogens (tertiary/aromatic N) is 3. The van der Waals surface area contributed by atoms with Crippen LogP contribution in [0.4, 0.5) is 0 Å². The molecule has 0 radical (unpaired) electrons. The second-order valence-corrected chi connectivity index (χ2v) is 11.4. The predicted molar refractivity (Wildman–Crippen MR) is 143 cm³/mol. The molecule has 3 heterocycles.